The zero-order chi connectivity index (χ0) is 33.7. The molecule has 0 aliphatic rings. The summed E-state index contributed by atoms with van der Waals surface area (Å²) in [6, 6.07) is 6.88. The summed E-state index contributed by atoms with van der Waals surface area (Å²) in [6.45, 7) is 13.7. The molecule has 0 bridgehead atoms. The van der Waals surface area contributed by atoms with Gasteiger partial charge in [-0.25, -0.2) is 5.01 Å². The number of halogens is 1. The molecule has 0 saturated heterocycles. The second-order valence-corrected chi connectivity index (χ2v) is 13.4. The molecule has 2 unspecified atom stereocenters. The molecule has 2 N–H and O–H groups in total. The van der Waals surface area contributed by atoms with Gasteiger partial charge in [0.05, 0.1) is 17.8 Å². The number of nitrogens with zero attached hydrogens (tertiary/aromatic N) is 1. The molecule has 0 saturated carbocycles. The molecule has 0 fully saturated rings. The van der Waals surface area contributed by atoms with Crippen LogP contribution in [0.2, 0.25) is 0 Å². The molecular weight excluding hydrogens is 634 g/mol. The highest BCUT2D eigenvalue weighted by molar-refractivity contribution is 9.09. The fourth-order valence-electron chi connectivity index (χ4n) is 4.14. The van der Waals surface area contributed by atoms with Crippen molar-refractivity contribution < 1.29 is 38.2 Å². The second-order valence-electron chi connectivity index (χ2n) is 12.9. The Morgan fingerprint density at radius 1 is 0.841 bits per heavy atom. The number of hydrogen-bond donors (Lipinski definition) is 2. The van der Waals surface area contributed by atoms with Gasteiger partial charge in [-0.15, -0.1) is 0 Å². The number of Topliss-reactive ketones (excluding diaryl/α,β-unsaturated/α-hetero) is 1. The monoisotopic (exact) mass is 681 g/mol. The summed E-state index contributed by atoms with van der Waals surface area (Å²) in [5.74, 6) is -3.94. The number of carbonyl (C=O) groups is 6. The summed E-state index contributed by atoms with van der Waals surface area (Å²) in [5.41, 5.74) is 2.05. The van der Waals surface area contributed by atoms with Gasteiger partial charge in [0, 0.05) is 19.3 Å². The van der Waals surface area contributed by atoms with Crippen LogP contribution in [-0.4, -0.2) is 69.1 Å². The average Bonchev–Trinajstić information content (AvgIpc) is 2.88. The fourth-order valence-corrected chi connectivity index (χ4v) is 4.53. The molecule has 2 atom stereocenters. The Morgan fingerprint density at radius 2 is 1.41 bits per heavy atom. The first kappa shape index (κ1) is 38.7. The number of nitrogens with one attached hydrogen (secondary N) is 2. The number of amides is 3. The van der Waals surface area contributed by atoms with E-state index in [1.807, 2.05) is 30.3 Å². The van der Waals surface area contributed by atoms with Crippen LogP contribution in [0.25, 0.3) is 0 Å². The maximum absolute atomic E-state index is 13.7. The van der Waals surface area contributed by atoms with Gasteiger partial charge in [0.25, 0.3) is 0 Å². The van der Waals surface area contributed by atoms with Gasteiger partial charge in [-0.05, 0) is 65.9 Å². The summed E-state index contributed by atoms with van der Waals surface area (Å²) >= 11 is 3.09. The molecule has 0 aromatic heterocycles. The van der Waals surface area contributed by atoms with E-state index in [4.69, 9.17) is 9.47 Å². The maximum atomic E-state index is 13.7. The SMILES string of the molecule is CC(C)C(C(=O)NC(CC(=O)OC(C)(C)C)C(=O)CBr)N(NC(=O)CCc1ccccc1)C(=O)CCCC(=O)OC(C)(C)C. The topological polar surface area (TPSA) is 148 Å². The van der Waals surface area contributed by atoms with Crippen molar-refractivity contribution in [1.29, 1.82) is 0 Å². The molecule has 0 radical (unpaired) electrons. The lowest BCUT2D eigenvalue weighted by atomic mass is 10.0. The Hall–Kier alpha value is -3.28. The van der Waals surface area contributed by atoms with Crippen LogP contribution in [0.15, 0.2) is 30.3 Å². The molecular formula is C32H48BrN3O8. The Balaban J connectivity index is 3.20. The summed E-state index contributed by atoms with van der Waals surface area (Å²) in [4.78, 5) is 77.6. The number of ether oxygens (including phenoxy) is 2. The lowest BCUT2D eigenvalue weighted by Gasteiger charge is -2.34. The Morgan fingerprint density at radius 3 is 1.93 bits per heavy atom. The number of esters is 2. The minimum absolute atomic E-state index is 0.0327. The van der Waals surface area contributed by atoms with E-state index in [1.54, 1.807) is 55.4 Å². The first-order valence-electron chi connectivity index (χ1n) is 14.8. The number of hydrogen-bond acceptors (Lipinski definition) is 8. The van der Waals surface area contributed by atoms with E-state index in [9.17, 15) is 28.8 Å². The minimum Gasteiger partial charge on any atom is -0.460 e. The van der Waals surface area contributed by atoms with Crippen LogP contribution < -0.4 is 10.7 Å². The van der Waals surface area contributed by atoms with Gasteiger partial charge in [0.1, 0.15) is 17.2 Å². The standard InChI is InChI=1S/C32H48BrN3O8/c1-21(2)29(30(42)34-23(24(37)20-33)19-28(41)44-32(6,7)8)36(26(39)15-12-16-27(40)43-31(3,4)5)35-25(38)18-17-22-13-10-9-11-14-22/h9-11,13-14,21,23,29H,12,15-20H2,1-8H3,(H,34,42)(H,35,38). The number of aryl methyl sites for hydroxylation is 1. The highest BCUT2D eigenvalue weighted by atomic mass is 79.9. The van der Waals surface area contributed by atoms with Crippen molar-refractivity contribution >= 4 is 51.4 Å². The van der Waals surface area contributed by atoms with Crippen LogP contribution >= 0.6 is 15.9 Å². The third-order valence-electron chi connectivity index (χ3n) is 5.99. The van der Waals surface area contributed by atoms with E-state index < -0.39 is 71.1 Å². The van der Waals surface area contributed by atoms with Crippen molar-refractivity contribution in [3.05, 3.63) is 35.9 Å². The third-order valence-corrected chi connectivity index (χ3v) is 6.55. The lowest BCUT2D eigenvalue weighted by molar-refractivity contribution is -0.158. The van der Waals surface area contributed by atoms with E-state index in [2.05, 4.69) is 26.7 Å². The summed E-state index contributed by atoms with van der Waals surface area (Å²) in [5, 5.41) is 3.44. The Kier molecular flexibility index (Phi) is 15.7. The van der Waals surface area contributed by atoms with Crippen molar-refractivity contribution in [3.63, 3.8) is 0 Å². The highest BCUT2D eigenvalue weighted by Crippen LogP contribution is 2.16. The van der Waals surface area contributed by atoms with Crippen molar-refractivity contribution in [2.75, 3.05) is 5.33 Å². The molecule has 0 aliphatic carbocycles. The molecule has 246 valence electrons. The summed E-state index contributed by atoms with van der Waals surface area (Å²) in [7, 11) is 0. The zero-order valence-corrected chi connectivity index (χ0v) is 28.7. The molecule has 0 heterocycles. The Labute approximate surface area is 269 Å². The van der Waals surface area contributed by atoms with E-state index in [0.717, 1.165) is 10.6 Å². The van der Waals surface area contributed by atoms with Crippen molar-refractivity contribution in [3.8, 4) is 0 Å². The molecule has 12 heteroatoms. The largest absolute Gasteiger partial charge is 0.460 e. The predicted octanol–water partition coefficient (Wildman–Crippen LogP) is 4.20. The minimum atomic E-state index is -1.23. The molecule has 1 aromatic carbocycles. The summed E-state index contributed by atoms with van der Waals surface area (Å²) in [6.07, 6.45) is -0.0258. The van der Waals surface area contributed by atoms with Gasteiger partial charge >= 0.3 is 11.9 Å². The molecule has 1 aromatic rings. The van der Waals surface area contributed by atoms with Gasteiger partial charge in [-0.1, -0.05) is 60.1 Å². The number of carbonyl (C=O) groups excluding carboxylic acids is 6. The maximum Gasteiger partial charge on any atom is 0.308 e. The number of benzene rings is 1. The van der Waals surface area contributed by atoms with Crippen LogP contribution in [-0.2, 0) is 44.7 Å². The number of hydrazine groups is 1. The molecule has 44 heavy (non-hydrogen) atoms. The molecule has 0 spiro atoms. The molecule has 0 aliphatic heterocycles. The lowest BCUT2D eigenvalue weighted by Crippen LogP contribution is -2.61. The van der Waals surface area contributed by atoms with Crippen LogP contribution in [0.4, 0.5) is 0 Å². The first-order valence-corrected chi connectivity index (χ1v) is 15.9. The second kappa shape index (κ2) is 17.9. The van der Waals surface area contributed by atoms with Crippen molar-refractivity contribution in [1.82, 2.24) is 15.8 Å². The fraction of sp³-hybridized carbons (Fsp3) is 0.625. The van der Waals surface area contributed by atoms with Gasteiger partial charge in [-0.2, -0.15) is 0 Å². The normalized spacial score (nSPS) is 13.0. The molecule has 3 amide bonds. The van der Waals surface area contributed by atoms with Crippen LogP contribution in [0.5, 0.6) is 0 Å². The van der Waals surface area contributed by atoms with E-state index in [0.29, 0.717) is 6.42 Å². The van der Waals surface area contributed by atoms with Crippen molar-refractivity contribution in [2.24, 2.45) is 5.92 Å². The molecule has 11 nitrogen and oxygen atoms in total. The third kappa shape index (κ3) is 15.4. The Bertz CT molecular complexity index is 1140. The van der Waals surface area contributed by atoms with E-state index in [1.165, 1.54) is 0 Å². The number of rotatable bonds is 15. The number of ketones is 1. The van der Waals surface area contributed by atoms with Crippen LogP contribution in [0, 0.1) is 5.92 Å². The van der Waals surface area contributed by atoms with Gasteiger partial charge in [0.2, 0.25) is 17.7 Å². The zero-order valence-electron chi connectivity index (χ0n) is 27.2. The van der Waals surface area contributed by atoms with Gasteiger partial charge in [-0.3, -0.25) is 34.2 Å². The van der Waals surface area contributed by atoms with Gasteiger partial charge in [0.15, 0.2) is 5.78 Å². The van der Waals surface area contributed by atoms with Crippen molar-refractivity contribution in [2.45, 2.75) is 117 Å². The average molecular weight is 683 g/mol. The summed E-state index contributed by atoms with van der Waals surface area (Å²) < 4.78 is 10.6. The highest BCUT2D eigenvalue weighted by Gasteiger charge is 2.36. The van der Waals surface area contributed by atoms with Crippen LogP contribution in [0.3, 0.4) is 0 Å². The van der Waals surface area contributed by atoms with Gasteiger partial charge < -0.3 is 14.8 Å². The first-order chi connectivity index (χ1) is 20.3. The van der Waals surface area contributed by atoms with E-state index >= 15 is 0 Å². The number of alkyl halides is 1. The van der Waals surface area contributed by atoms with Crippen LogP contribution in [0.1, 0.15) is 93.1 Å². The van der Waals surface area contributed by atoms with E-state index in [-0.39, 0.29) is 31.0 Å². The smallest absolute Gasteiger partial charge is 0.308 e. The predicted molar refractivity (Wildman–Crippen MR) is 169 cm³/mol. The molecule has 1 rings (SSSR count). The quantitative estimate of drug-likeness (QED) is 0.159.